The second kappa shape index (κ2) is 4.60. The molecule has 0 aromatic heterocycles. The molecule has 0 saturated carbocycles. The molecule has 2 aromatic rings. The van der Waals surface area contributed by atoms with Crippen molar-refractivity contribution in [3.8, 4) is 11.8 Å². The first-order valence-electron chi connectivity index (χ1n) is 5.25. The number of carbonyl (C=O) groups is 1. The van der Waals surface area contributed by atoms with E-state index in [9.17, 15) is 9.90 Å². The Kier molecular flexibility index (Phi) is 2.98. The molecule has 1 amide bonds. The maximum absolute atomic E-state index is 11.0. The molecule has 4 nitrogen and oxygen atoms in total. The number of amides is 1. The number of nitrogens with two attached hydrogens (primary N) is 1. The summed E-state index contributed by atoms with van der Waals surface area (Å²) in [6.45, 7) is 0. The highest BCUT2D eigenvalue weighted by atomic mass is 16.3. The highest BCUT2D eigenvalue weighted by Gasteiger charge is 2.05. The van der Waals surface area contributed by atoms with Gasteiger partial charge in [-0.2, -0.15) is 5.26 Å². The summed E-state index contributed by atoms with van der Waals surface area (Å²) in [4.78, 5) is 11.0. The summed E-state index contributed by atoms with van der Waals surface area (Å²) in [5, 5.41) is 20.1. The van der Waals surface area contributed by atoms with E-state index in [-0.39, 0.29) is 11.3 Å². The molecule has 0 bridgehead atoms. The van der Waals surface area contributed by atoms with Crippen molar-refractivity contribution in [2.75, 3.05) is 0 Å². The van der Waals surface area contributed by atoms with Gasteiger partial charge in [0.1, 0.15) is 17.4 Å². The van der Waals surface area contributed by atoms with Crippen molar-refractivity contribution in [1.29, 1.82) is 5.26 Å². The Labute approximate surface area is 104 Å². The van der Waals surface area contributed by atoms with Gasteiger partial charge in [-0.25, -0.2) is 0 Å². The number of primary amides is 1. The van der Waals surface area contributed by atoms with Gasteiger partial charge in [-0.05, 0) is 29.2 Å². The number of carbonyl (C=O) groups excluding carboxylic acids is 1. The highest BCUT2D eigenvalue weighted by molar-refractivity contribution is 6.01. The van der Waals surface area contributed by atoms with Gasteiger partial charge >= 0.3 is 0 Å². The summed E-state index contributed by atoms with van der Waals surface area (Å²) in [6.07, 6.45) is 1.36. The zero-order valence-electron chi connectivity index (χ0n) is 9.42. The van der Waals surface area contributed by atoms with Gasteiger partial charge < -0.3 is 10.8 Å². The van der Waals surface area contributed by atoms with Crippen molar-refractivity contribution in [2.24, 2.45) is 5.73 Å². The van der Waals surface area contributed by atoms with Crippen LogP contribution in [0.25, 0.3) is 16.8 Å². The second-order valence-corrected chi connectivity index (χ2v) is 3.80. The molecule has 2 aromatic carbocycles. The molecule has 18 heavy (non-hydrogen) atoms. The summed E-state index contributed by atoms with van der Waals surface area (Å²) in [6, 6.07) is 12.3. The van der Waals surface area contributed by atoms with Gasteiger partial charge in [0, 0.05) is 5.39 Å². The van der Waals surface area contributed by atoms with E-state index in [1.54, 1.807) is 18.2 Å². The van der Waals surface area contributed by atoms with Crippen LogP contribution in [0.5, 0.6) is 5.75 Å². The molecule has 0 spiro atoms. The third kappa shape index (κ3) is 2.15. The molecule has 0 aliphatic rings. The van der Waals surface area contributed by atoms with E-state index in [0.29, 0.717) is 10.9 Å². The number of benzene rings is 2. The number of aromatic hydroxyl groups is 1. The Morgan fingerprint density at radius 1 is 1.33 bits per heavy atom. The minimum Gasteiger partial charge on any atom is -0.507 e. The molecular formula is C14H10N2O2. The van der Waals surface area contributed by atoms with E-state index in [0.717, 1.165) is 5.39 Å². The molecule has 0 heterocycles. The van der Waals surface area contributed by atoms with Crippen LogP contribution < -0.4 is 5.73 Å². The predicted octanol–water partition coefficient (Wildman–Crippen LogP) is 1.94. The van der Waals surface area contributed by atoms with Gasteiger partial charge in [-0.15, -0.1) is 0 Å². The standard InChI is InChI=1S/C14H10N2O2/c15-8-11(14(16)18)6-9-5-10-3-1-2-4-12(10)13(17)7-9/h1-7,17H,(H2,16,18)/b11-6-. The molecule has 0 fully saturated rings. The van der Waals surface area contributed by atoms with E-state index >= 15 is 0 Å². The smallest absolute Gasteiger partial charge is 0.259 e. The quantitative estimate of drug-likeness (QED) is 0.619. The lowest BCUT2D eigenvalue weighted by atomic mass is 10.0. The molecule has 0 atom stereocenters. The fourth-order valence-electron chi connectivity index (χ4n) is 1.72. The molecule has 4 heteroatoms. The summed E-state index contributed by atoms with van der Waals surface area (Å²) in [5.41, 5.74) is 5.46. The molecule has 0 aliphatic carbocycles. The Morgan fingerprint density at radius 3 is 2.72 bits per heavy atom. The van der Waals surface area contributed by atoms with Crippen LogP contribution in [0.3, 0.4) is 0 Å². The average Bonchev–Trinajstić information content (AvgIpc) is 2.35. The SMILES string of the molecule is N#C/C(=C/c1cc(O)c2ccccc2c1)C(N)=O. The lowest BCUT2D eigenvalue weighted by molar-refractivity contribution is -0.114. The van der Waals surface area contributed by atoms with Crippen LogP contribution in [-0.4, -0.2) is 11.0 Å². The van der Waals surface area contributed by atoms with Crippen molar-refractivity contribution in [3.05, 3.63) is 47.5 Å². The molecule has 0 aliphatic heterocycles. The Morgan fingerprint density at radius 2 is 2.06 bits per heavy atom. The first-order valence-corrected chi connectivity index (χ1v) is 5.25. The van der Waals surface area contributed by atoms with Crippen LogP contribution in [0.2, 0.25) is 0 Å². The fourth-order valence-corrected chi connectivity index (χ4v) is 1.72. The third-order valence-electron chi connectivity index (χ3n) is 2.56. The highest BCUT2D eigenvalue weighted by Crippen LogP contribution is 2.27. The zero-order chi connectivity index (χ0) is 13.1. The first-order chi connectivity index (χ1) is 8.61. The third-order valence-corrected chi connectivity index (χ3v) is 2.56. The van der Waals surface area contributed by atoms with Crippen LogP contribution in [0, 0.1) is 11.3 Å². The van der Waals surface area contributed by atoms with Gasteiger partial charge in [0.2, 0.25) is 0 Å². The average molecular weight is 238 g/mol. The Hall–Kier alpha value is -2.80. The number of fused-ring (bicyclic) bond motifs is 1. The van der Waals surface area contributed by atoms with Crippen LogP contribution in [-0.2, 0) is 4.79 Å². The van der Waals surface area contributed by atoms with Crippen molar-refractivity contribution in [1.82, 2.24) is 0 Å². The number of phenolic OH excluding ortho intramolecular Hbond substituents is 1. The minimum absolute atomic E-state index is 0.0983. The van der Waals surface area contributed by atoms with Crippen LogP contribution >= 0.6 is 0 Å². The molecule has 0 unspecified atom stereocenters. The predicted molar refractivity (Wildman–Crippen MR) is 68.4 cm³/mol. The number of rotatable bonds is 2. The lowest BCUT2D eigenvalue weighted by Gasteiger charge is -2.03. The van der Waals surface area contributed by atoms with Crippen LogP contribution in [0.4, 0.5) is 0 Å². The van der Waals surface area contributed by atoms with E-state index in [1.807, 2.05) is 18.2 Å². The largest absolute Gasteiger partial charge is 0.507 e. The lowest BCUT2D eigenvalue weighted by Crippen LogP contribution is -2.12. The molecule has 3 N–H and O–H groups in total. The van der Waals surface area contributed by atoms with Gasteiger partial charge in [0.05, 0.1) is 0 Å². The Balaban J connectivity index is 2.61. The van der Waals surface area contributed by atoms with Crippen molar-refractivity contribution >= 4 is 22.8 Å². The van der Waals surface area contributed by atoms with Crippen molar-refractivity contribution < 1.29 is 9.90 Å². The van der Waals surface area contributed by atoms with Crippen LogP contribution in [0.1, 0.15) is 5.56 Å². The number of hydrogen-bond acceptors (Lipinski definition) is 3. The van der Waals surface area contributed by atoms with Gasteiger partial charge in [0.15, 0.2) is 0 Å². The normalized spacial score (nSPS) is 11.2. The van der Waals surface area contributed by atoms with E-state index < -0.39 is 5.91 Å². The van der Waals surface area contributed by atoms with E-state index in [1.165, 1.54) is 12.1 Å². The second-order valence-electron chi connectivity index (χ2n) is 3.80. The fraction of sp³-hybridized carbons (Fsp3) is 0. The molecular weight excluding hydrogens is 228 g/mol. The molecule has 2 rings (SSSR count). The number of hydrogen-bond donors (Lipinski definition) is 2. The zero-order valence-corrected chi connectivity index (χ0v) is 9.42. The van der Waals surface area contributed by atoms with Crippen molar-refractivity contribution in [3.63, 3.8) is 0 Å². The topological polar surface area (TPSA) is 87.1 Å². The minimum atomic E-state index is -0.787. The van der Waals surface area contributed by atoms with Gasteiger partial charge in [0.25, 0.3) is 5.91 Å². The molecule has 0 radical (unpaired) electrons. The van der Waals surface area contributed by atoms with Gasteiger partial charge in [-0.3, -0.25) is 4.79 Å². The Bertz CT molecular complexity index is 696. The summed E-state index contributed by atoms with van der Waals surface area (Å²) >= 11 is 0. The molecule has 88 valence electrons. The van der Waals surface area contributed by atoms with E-state index in [2.05, 4.69) is 0 Å². The summed E-state index contributed by atoms with van der Waals surface area (Å²) in [5.74, 6) is -0.689. The monoisotopic (exact) mass is 238 g/mol. The number of nitriles is 1. The van der Waals surface area contributed by atoms with E-state index in [4.69, 9.17) is 11.0 Å². The summed E-state index contributed by atoms with van der Waals surface area (Å²) < 4.78 is 0. The molecule has 0 saturated heterocycles. The first kappa shape index (κ1) is 11.7. The summed E-state index contributed by atoms with van der Waals surface area (Å²) in [7, 11) is 0. The maximum Gasteiger partial charge on any atom is 0.259 e. The van der Waals surface area contributed by atoms with Crippen molar-refractivity contribution in [2.45, 2.75) is 0 Å². The number of phenols is 1. The van der Waals surface area contributed by atoms with Gasteiger partial charge in [-0.1, -0.05) is 24.3 Å². The number of nitrogens with zero attached hydrogens (tertiary/aromatic N) is 1. The maximum atomic E-state index is 11.0. The van der Waals surface area contributed by atoms with Crippen LogP contribution in [0.15, 0.2) is 42.0 Å².